The molecule has 1 atom stereocenters. The lowest BCUT2D eigenvalue weighted by Gasteiger charge is -2.34. The fraction of sp³-hybridized carbons (Fsp3) is 0.286. The Kier molecular flexibility index (Phi) is 4.29. The summed E-state index contributed by atoms with van der Waals surface area (Å²) in [6.07, 6.45) is 1.87. The van der Waals surface area contributed by atoms with Gasteiger partial charge in [-0.3, -0.25) is 0 Å². The quantitative estimate of drug-likeness (QED) is 0.882. The van der Waals surface area contributed by atoms with Crippen molar-refractivity contribution in [2.24, 2.45) is 0 Å². The standard InChI is InChI=1S/C21H22N2O3/c1-3-26-17-11-9-14(12-18(17)25-2)19-16-10-8-13-6-4-5-7-15(13)20(16)23-21(24)22-19/h4-7,9,11-12,19H,3,8,10H2,1-2H3,(H2,22,23,24). The normalized spacial score (nSPS) is 18.4. The van der Waals surface area contributed by atoms with E-state index in [1.165, 1.54) is 11.1 Å². The van der Waals surface area contributed by atoms with E-state index in [2.05, 4.69) is 22.8 Å². The summed E-state index contributed by atoms with van der Waals surface area (Å²) in [5.74, 6) is 1.39. The number of nitrogens with one attached hydrogen (secondary N) is 2. The van der Waals surface area contributed by atoms with Crippen LogP contribution in [0.15, 0.2) is 48.0 Å². The zero-order valence-electron chi connectivity index (χ0n) is 15.0. The van der Waals surface area contributed by atoms with Gasteiger partial charge in [0.15, 0.2) is 11.5 Å². The molecule has 1 aliphatic carbocycles. The number of hydrogen-bond acceptors (Lipinski definition) is 3. The molecule has 0 fully saturated rings. The van der Waals surface area contributed by atoms with Crippen LogP contribution < -0.4 is 20.1 Å². The number of benzene rings is 2. The summed E-state index contributed by atoms with van der Waals surface area (Å²) in [6, 6.07) is 13.8. The minimum absolute atomic E-state index is 0.170. The van der Waals surface area contributed by atoms with E-state index in [0.29, 0.717) is 18.1 Å². The van der Waals surface area contributed by atoms with Crippen molar-refractivity contribution in [2.75, 3.05) is 13.7 Å². The van der Waals surface area contributed by atoms with Gasteiger partial charge < -0.3 is 20.1 Å². The molecule has 5 heteroatoms. The Hall–Kier alpha value is -2.95. The predicted molar refractivity (Wildman–Crippen MR) is 100 cm³/mol. The molecular formula is C21H22N2O3. The van der Waals surface area contributed by atoms with Crippen molar-refractivity contribution in [3.8, 4) is 11.5 Å². The molecule has 1 unspecified atom stereocenters. The van der Waals surface area contributed by atoms with Crippen molar-refractivity contribution in [1.82, 2.24) is 10.6 Å². The molecule has 0 aromatic heterocycles. The van der Waals surface area contributed by atoms with Crippen LogP contribution >= 0.6 is 0 Å². The van der Waals surface area contributed by atoms with Gasteiger partial charge in [-0.1, -0.05) is 30.3 Å². The molecule has 0 bridgehead atoms. The Morgan fingerprint density at radius 3 is 2.77 bits per heavy atom. The molecule has 2 amide bonds. The first-order valence-electron chi connectivity index (χ1n) is 8.90. The lowest BCUT2D eigenvalue weighted by Crippen LogP contribution is -2.44. The number of rotatable bonds is 4. The summed E-state index contributed by atoms with van der Waals surface area (Å²) in [7, 11) is 1.63. The predicted octanol–water partition coefficient (Wildman–Crippen LogP) is 3.81. The van der Waals surface area contributed by atoms with Crippen LogP contribution in [0.25, 0.3) is 5.70 Å². The van der Waals surface area contributed by atoms with Crippen molar-refractivity contribution in [3.05, 3.63) is 64.7 Å². The van der Waals surface area contributed by atoms with Crippen LogP contribution in [-0.2, 0) is 6.42 Å². The number of methoxy groups -OCH3 is 1. The molecular weight excluding hydrogens is 328 g/mol. The highest BCUT2D eigenvalue weighted by atomic mass is 16.5. The van der Waals surface area contributed by atoms with Gasteiger partial charge in [0.25, 0.3) is 0 Å². The highest BCUT2D eigenvalue weighted by Crippen LogP contribution is 2.40. The lowest BCUT2D eigenvalue weighted by molar-refractivity contribution is 0.240. The Bertz CT molecular complexity index is 889. The Morgan fingerprint density at radius 1 is 1.12 bits per heavy atom. The maximum atomic E-state index is 12.3. The van der Waals surface area contributed by atoms with Crippen LogP contribution in [0.3, 0.4) is 0 Å². The van der Waals surface area contributed by atoms with E-state index in [4.69, 9.17) is 9.47 Å². The van der Waals surface area contributed by atoms with Crippen LogP contribution in [0.1, 0.15) is 36.1 Å². The van der Waals surface area contributed by atoms with Crippen molar-refractivity contribution in [1.29, 1.82) is 0 Å². The third-order valence-electron chi connectivity index (χ3n) is 4.95. The van der Waals surface area contributed by atoms with Crippen LogP contribution in [0.2, 0.25) is 0 Å². The second-order valence-corrected chi connectivity index (χ2v) is 6.43. The Labute approximate surface area is 153 Å². The van der Waals surface area contributed by atoms with Gasteiger partial charge in [-0.2, -0.15) is 0 Å². The molecule has 134 valence electrons. The molecule has 2 N–H and O–H groups in total. The Morgan fingerprint density at radius 2 is 1.96 bits per heavy atom. The van der Waals surface area contributed by atoms with Crippen LogP contribution in [0.4, 0.5) is 4.79 Å². The minimum Gasteiger partial charge on any atom is -0.493 e. The first-order chi connectivity index (χ1) is 12.7. The summed E-state index contributed by atoms with van der Waals surface area (Å²) in [5, 5.41) is 6.07. The second-order valence-electron chi connectivity index (χ2n) is 6.43. The number of carbonyl (C=O) groups excluding carboxylic acids is 1. The SMILES string of the molecule is CCOc1ccc(C2NC(=O)NC3=C2CCc2ccccc23)cc1OC. The summed E-state index contributed by atoms with van der Waals surface area (Å²) >= 11 is 0. The summed E-state index contributed by atoms with van der Waals surface area (Å²) < 4.78 is 11.1. The number of aryl methyl sites for hydroxylation is 1. The fourth-order valence-corrected chi connectivity index (χ4v) is 3.78. The highest BCUT2D eigenvalue weighted by molar-refractivity contribution is 5.91. The van der Waals surface area contributed by atoms with Crippen molar-refractivity contribution < 1.29 is 14.3 Å². The van der Waals surface area contributed by atoms with Gasteiger partial charge in [0.2, 0.25) is 0 Å². The van der Waals surface area contributed by atoms with Gasteiger partial charge in [0.05, 0.1) is 25.5 Å². The third-order valence-corrected chi connectivity index (χ3v) is 4.95. The molecule has 4 rings (SSSR count). The van der Waals surface area contributed by atoms with Gasteiger partial charge in [-0.05, 0) is 48.6 Å². The minimum atomic E-state index is -0.182. The van der Waals surface area contributed by atoms with Gasteiger partial charge in [-0.25, -0.2) is 4.79 Å². The molecule has 26 heavy (non-hydrogen) atoms. The topological polar surface area (TPSA) is 59.6 Å². The van der Waals surface area contributed by atoms with Crippen LogP contribution in [0.5, 0.6) is 11.5 Å². The van der Waals surface area contributed by atoms with E-state index in [1.54, 1.807) is 7.11 Å². The molecule has 5 nitrogen and oxygen atoms in total. The fourth-order valence-electron chi connectivity index (χ4n) is 3.78. The smallest absolute Gasteiger partial charge is 0.319 e. The summed E-state index contributed by atoms with van der Waals surface area (Å²) in [6.45, 7) is 2.52. The average molecular weight is 350 g/mol. The molecule has 1 aliphatic heterocycles. The number of ether oxygens (including phenoxy) is 2. The van der Waals surface area contributed by atoms with Crippen molar-refractivity contribution in [2.45, 2.75) is 25.8 Å². The number of amides is 2. The van der Waals surface area contributed by atoms with Gasteiger partial charge in [-0.15, -0.1) is 0 Å². The number of fused-ring (bicyclic) bond motifs is 2. The molecule has 0 radical (unpaired) electrons. The van der Waals surface area contributed by atoms with E-state index >= 15 is 0 Å². The van der Waals surface area contributed by atoms with Crippen LogP contribution in [-0.4, -0.2) is 19.7 Å². The van der Waals surface area contributed by atoms with E-state index in [9.17, 15) is 4.79 Å². The zero-order valence-corrected chi connectivity index (χ0v) is 15.0. The van der Waals surface area contributed by atoms with E-state index in [-0.39, 0.29) is 12.1 Å². The van der Waals surface area contributed by atoms with Crippen molar-refractivity contribution >= 4 is 11.7 Å². The first-order valence-corrected chi connectivity index (χ1v) is 8.90. The van der Waals surface area contributed by atoms with E-state index in [1.807, 2.05) is 37.3 Å². The first kappa shape index (κ1) is 16.5. The van der Waals surface area contributed by atoms with Gasteiger partial charge in [0, 0.05) is 5.56 Å². The van der Waals surface area contributed by atoms with Gasteiger partial charge in [0.1, 0.15) is 0 Å². The van der Waals surface area contributed by atoms with E-state index < -0.39 is 0 Å². The zero-order chi connectivity index (χ0) is 18.1. The summed E-state index contributed by atoms with van der Waals surface area (Å²) in [4.78, 5) is 12.3. The largest absolute Gasteiger partial charge is 0.493 e. The molecule has 0 saturated carbocycles. The molecule has 2 aromatic rings. The second kappa shape index (κ2) is 6.75. The maximum Gasteiger partial charge on any atom is 0.319 e. The van der Waals surface area contributed by atoms with Gasteiger partial charge >= 0.3 is 6.03 Å². The molecule has 2 aromatic carbocycles. The Balaban J connectivity index is 1.78. The molecule has 0 saturated heterocycles. The number of hydrogen-bond donors (Lipinski definition) is 2. The molecule has 0 spiro atoms. The summed E-state index contributed by atoms with van der Waals surface area (Å²) in [5.41, 5.74) is 5.53. The monoisotopic (exact) mass is 350 g/mol. The van der Waals surface area contributed by atoms with Crippen molar-refractivity contribution in [3.63, 3.8) is 0 Å². The number of carbonyl (C=O) groups is 1. The molecule has 2 aliphatic rings. The van der Waals surface area contributed by atoms with E-state index in [0.717, 1.165) is 29.7 Å². The average Bonchev–Trinajstić information content (AvgIpc) is 2.68. The molecule has 1 heterocycles. The third kappa shape index (κ3) is 2.79. The maximum absolute atomic E-state index is 12.3. The van der Waals surface area contributed by atoms with Crippen LogP contribution in [0, 0.1) is 0 Å². The lowest BCUT2D eigenvalue weighted by atomic mass is 9.83. The number of urea groups is 1. The highest BCUT2D eigenvalue weighted by Gasteiger charge is 2.32.